The van der Waals surface area contributed by atoms with E-state index in [1.54, 1.807) is 32.3 Å². The predicted molar refractivity (Wildman–Crippen MR) is 120 cm³/mol. The first-order valence-electron chi connectivity index (χ1n) is 10.7. The second kappa shape index (κ2) is 11.4. The maximum absolute atomic E-state index is 14.4. The highest BCUT2D eigenvalue weighted by Gasteiger charge is 2.24. The lowest BCUT2D eigenvalue weighted by atomic mass is 10.2. The molecule has 3 aromatic rings. The minimum Gasteiger partial charge on any atom is -0.491 e. The molecule has 0 aliphatic rings. The number of hydrogen-bond donors (Lipinski definition) is 1. The van der Waals surface area contributed by atoms with Crippen LogP contribution in [0.25, 0.3) is 11.2 Å². The zero-order valence-corrected chi connectivity index (χ0v) is 19.3. The molecule has 0 radical (unpaired) electrons. The van der Waals surface area contributed by atoms with Gasteiger partial charge in [0.2, 0.25) is 0 Å². The van der Waals surface area contributed by atoms with E-state index in [2.05, 4.69) is 15.0 Å². The van der Waals surface area contributed by atoms with Crippen LogP contribution in [0.4, 0.5) is 10.2 Å². The molecule has 0 aliphatic carbocycles. The van der Waals surface area contributed by atoms with E-state index in [4.69, 9.17) is 19.5 Å². The highest BCUT2D eigenvalue weighted by molar-refractivity contribution is 7.53. The van der Waals surface area contributed by atoms with Crippen LogP contribution in [-0.2, 0) is 26.3 Å². The SMILES string of the molecule is CCOP(=O)(Cc1ccc(OCCCCCn2cnc3c(N)ncnc32)c(F)c1)OCC. The van der Waals surface area contributed by atoms with Gasteiger partial charge in [-0.1, -0.05) is 6.07 Å². The number of anilines is 1. The quantitative estimate of drug-likeness (QED) is 0.289. The third kappa shape index (κ3) is 6.25. The first kappa shape index (κ1) is 24.1. The molecule has 0 amide bonds. The van der Waals surface area contributed by atoms with E-state index in [1.165, 1.54) is 12.4 Å². The molecule has 0 bridgehead atoms. The molecule has 0 fully saturated rings. The minimum absolute atomic E-state index is 0.0192. The Kier molecular flexibility index (Phi) is 8.55. The number of aryl methyl sites for hydroxylation is 1. The summed E-state index contributed by atoms with van der Waals surface area (Å²) in [5.74, 6) is 0.0437. The maximum atomic E-state index is 14.4. The fourth-order valence-electron chi connectivity index (χ4n) is 3.31. The Balaban J connectivity index is 1.44. The van der Waals surface area contributed by atoms with Gasteiger partial charge in [0.05, 0.1) is 32.3 Å². The fourth-order valence-corrected chi connectivity index (χ4v) is 5.00. The molecule has 9 nitrogen and oxygen atoms in total. The van der Waals surface area contributed by atoms with Crippen LogP contribution in [-0.4, -0.2) is 39.3 Å². The van der Waals surface area contributed by atoms with Crippen molar-refractivity contribution in [3.05, 3.63) is 42.2 Å². The van der Waals surface area contributed by atoms with Gasteiger partial charge >= 0.3 is 7.60 Å². The lowest BCUT2D eigenvalue weighted by Crippen LogP contribution is -2.03. The summed E-state index contributed by atoms with van der Waals surface area (Å²) >= 11 is 0. The smallest absolute Gasteiger partial charge is 0.335 e. The van der Waals surface area contributed by atoms with Gasteiger partial charge in [-0.3, -0.25) is 4.57 Å². The van der Waals surface area contributed by atoms with Crippen molar-refractivity contribution in [3.8, 4) is 5.75 Å². The van der Waals surface area contributed by atoms with Gasteiger partial charge in [0.1, 0.15) is 11.8 Å². The lowest BCUT2D eigenvalue weighted by molar-refractivity contribution is 0.219. The van der Waals surface area contributed by atoms with Gasteiger partial charge in [-0.05, 0) is 50.8 Å². The predicted octanol–water partition coefficient (Wildman–Crippen LogP) is 4.56. The van der Waals surface area contributed by atoms with Crippen LogP contribution < -0.4 is 10.5 Å². The van der Waals surface area contributed by atoms with E-state index in [0.29, 0.717) is 29.2 Å². The van der Waals surface area contributed by atoms with E-state index >= 15 is 0 Å². The van der Waals surface area contributed by atoms with E-state index in [9.17, 15) is 8.96 Å². The van der Waals surface area contributed by atoms with Crippen molar-refractivity contribution in [3.63, 3.8) is 0 Å². The van der Waals surface area contributed by atoms with Gasteiger partial charge < -0.3 is 24.1 Å². The first-order valence-corrected chi connectivity index (χ1v) is 12.4. The van der Waals surface area contributed by atoms with Gasteiger partial charge in [-0.15, -0.1) is 0 Å². The van der Waals surface area contributed by atoms with Crippen LogP contribution in [0.1, 0.15) is 38.7 Å². The molecule has 3 rings (SSSR count). The fraction of sp³-hybridized carbons (Fsp3) is 0.476. The Morgan fingerprint density at radius 3 is 2.59 bits per heavy atom. The molecule has 32 heavy (non-hydrogen) atoms. The summed E-state index contributed by atoms with van der Waals surface area (Å²) in [5.41, 5.74) is 7.66. The van der Waals surface area contributed by atoms with E-state index in [1.807, 2.05) is 4.57 Å². The number of aromatic nitrogens is 4. The van der Waals surface area contributed by atoms with E-state index in [0.717, 1.165) is 25.8 Å². The topological polar surface area (TPSA) is 114 Å². The third-order valence-corrected chi connectivity index (χ3v) is 6.81. The number of rotatable bonds is 13. The van der Waals surface area contributed by atoms with Crippen molar-refractivity contribution in [1.29, 1.82) is 0 Å². The summed E-state index contributed by atoms with van der Waals surface area (Å²) in [6.45, 7) is 5.15. The largest absolute Gasteiger partial charge is 0.491 e. The first-order chi connectivity index (χ1) is 15.5. The number of halogens is 1. The zero-order chi connectivity index (χ0) is 23.0. The van der Waals surface area contributed by atoms with Crippen LogP contribution in [0.3, 0.4) is 0 Å². The van der Waals surface area contributed by atoms with Gasteiger partial charge in [0.25, 0.3) is 0 Å². The number of nitrogens with two attached hydrogens (primary N) is 1. The van der Waals surface area contributed by atoms with Gasteiger partial charge in [-0.25, -0.2) is 19.3 Å². The van der Waals surface area contributed by atoms with Crippen molar-refractivity contribution in [2.75, 3.05) is 25.6 Å². The number of benzene rings is 1. The molecule has 1 aromatic carbocycles. The lowest BCUT2D eigenvalue weighted by Gasteiger charge is -2.17. The highest BCUT2D eigenvalue weighted by atomic mass is 31.2. The summed E-state index contributed by atoms with van der Waals surface area (Å²) < 4.78 is 45.1. The second-order valence-electron chi connectivity index (χ2n) is 7.15. The number of nitrogens with zero attached hydrogens (tertiary/aromatic N) is 4. The molecule has 0 atom stereocenters. The number of ether oxygens (including phenoxy) is 1. The van der Waals surface area contributed by atoms with Crippen molar-refractivity contribution >= 4 is 24.6 Å². The number of nitrogen functional groups attached to an aromatic ring is 1. The average molecular weight is 465 g/mol. The summed E-state index contributed by atoms with van der Waals surface area (Å²) in [6.07, 6.45) is 5.71. The summed E-state index contributed by atoms with van der Waals surface area (Å²) in [6, 6.07) is 4.55. The van der Waals surface area contributed by atoms with Crippen LogP contribution in [0.15, 0.2) is 30.9 Å². The normalized spacial score (nSPS) is 11.8. The number of imidazole rings is 1. The molecule has 0 spiro atoms. The van der Waals surface area contributed by atoms with Crippen molar-refractivity contribution < 1.29 is 22.7 Å². The minimum atomic E-state index is -3.28. The van der Waals surface area contributed by atoms with Gasteiger partial charge in [-0.2, -0.15) is 0 Å². The molecule has 0 aliphatic heterocycles. The number of fused-ring (bicyclic) bond motifs is 1. The van der Waals surface area contributed by atoms with E-state index < -0.39 is 13.4 Å². The standard InChI is InChI=1S/C21H29FN5O4P/c1-3-30-32(28,31-4-2)13-16-8-9-18(17(22)12-16)29-11-7-5-6-10-27-15-26-19-20(23)24-14-25-21(19)27/h8-9,12,14-15H,3-7,10-11,13H2,1-2H3,(H2,23,24,25). The Hall–Kier alpha value is -2.55. The molecule has 0 saturated heterocycles. The van der Waals surface area contributed by atoms with Gasteiger partial charge in [0, 0.05) is 6.54 Å². The number of hydrogen-bond acceptors (Lipinski definition) is 8. The molecular formula is C21H29FN5O4P. The third-order valence-electron chi connectivity index (χ3n) is 4.75. The van der Waals surface area contributed by atoms with E-state index in [-0.39, 0.29) is 25.1 Å². The van der Waals surface area contributed by atoms with Crippen LogP contribution in [0.2, 0.25) is 0 Å². The monoisotopic (exact) mass is 465 g/mol. The molecule has 0 saturated carbocycles. The second-order valence-corrected chi connectivity index (χ2v) is 9.20. The molecule has 174 valence electrons. The highest BCUT2D eigenvalue weighted by Crippen LogP contribution is 2.51. The van der Waals surface area contributed by atoms with Crippen LogP contribution in [0.5, 0.6) is 5.75 Å². The van der Waals surface area contributed by atoms with Crippen molar-refractivity contribution in [1.82, 2.24) is 19.5 Å². The Labute approximate surface area is 186 Å². The molecule has 2 aromatic heterocycles. The Morgan fingerprint density at radius 1 is 1.09 bits per heavy atom. The Bertz CT molecular complexity index is 1070. The van der Waals surface area contributed by atoms with Crippen molar-refractivity contribution in [2.24, 2.45) is 0 Å². The molecule has 0 unspecified atom stereocenters. The molecule has 2 heterocycles. The summed E-state index contributed by atoms with van der Waals surface area (Å²) in [5, 5.41) is 0. The zero-order valence-electron chi connectivity index (χ0n) is 18.4. The molecular weight excluding hydrogens is 436 g/mol. The van der Waals surface area contributed by atoms with Crippen molar-refractivity contribution in [2.45, 2.75) is 45.8 Å². The maximum Gasteiger partial charge on any atom is 0.335 e. The average Bonchev–Trinajstić information content (AvgIpc) is 3.16. The number of unbranched alkanes of at least 4 members (excludes halogenated alkanes) is 2. The summed E-state index contributed by atoms with van der Waals surface area (Å²) in [7, 11) is -3.28. The summed E-state index contributed by atoms with van der Waals surface area (Å²) in [4.78, 5) is 12.4. The van der Waals surface area contributed by atoms with Crippen LogP contribution in [0, 0.1) is 5.82 Å². The van der Waals surface area contributed by atoms with Crippen LogP contribution >= 0.6 is 7.60 Å². The van der Waals surface area contributed by atoms with Gasteiger partial charge in [0.15, 0.2) is 23.0 Å². The Morgan fingerprint density at radius 2 is 1.88 bits per heavy atom. The molecule has 11 heteroatoms. The molecule has 2 N–H and O–H groups in total.